The first-order chi connectivity index (χ1) is 11.0. The minimum Gasteiger partial charge on any atom is -0.395 e. The monoisotopic (exact) mass is 359 g/mol. The molecule has 0 radical (unpaired) electrons. The van der Waals surface area contributed by atoms with Crippen LogP contribution in [0.4, 0.5) is 0 Å². The van der Waals surface area contributed by atoms with E-state index in [-0.39, 0.29) is 33.0 Å². The second kappa shape index (κ2) is 18.3. The van der Waals surface area contributed by atoms with Gasteiger partial charge in [0.15, 0.2) is 0 Å². The lowest BCUT2D eigenvalue weighted by Crippen LogP contribution is -2.32. The largest absolute Gasteiger partial charge is 0.472 e. The summed E-state index contributed by atoms with van der Waals surface area (Å²) in [4.78, 5) is 10.9. The molecule has 4 N–H and O–H groups in total. The fraction of sp³-hybridized carbons (Fsp3) is 1.00. The molecule has 0 rings (SSSR count). The van der Waals surface area contributed by atoms with Gasteiger partial charge in [-0.1, -0.05) is 26.7 Å². The average molecular weight is 359 g/mol. The molecule has 23 heavy (non-hydrogen) atoms. The van der Waals surface area contributed by atoms with Crippen molar-refractivity contribution < 1.29 is 33.8 Å². The second-order valence-corrected chi connectivity index (χ2v) is 6.31. The Morgan fingerprint density at radius 1 is 0.826 bits per heavy atom. The summed E-state index contributed by atoms with van der Waals surface area (Å²) >= 11 is 0. The van der Waals surface area contributed by atoms with E-state index < -0.39 is 7.82 Å². The molecule has 0 saturated heterocycles. The summed E-state index contributed by atoms with van der Waals surface area (Å²) in [6.45, 7) is 6.31. The predicted octanol–water partition coefficient (Wildman–Crippen LogP) is 0.986. The molecule has 142 valence electrons. The van der Waals surface area contributed by atoms with Crippen LogP contribution in [-0.4, -0.2) is 77.8 Å². The Labute approximate surface area is 139 Å². The molecule has 0 aromatic heterocycles. The van der Waals surface area contributed by atoms with E-state index in [1.54, 1.807) is 4.90 Å². The van der Waals surface area contributed by atoms with Gasteiger partial charge >= 0.3 is 7.82 Å². The number of unbranched alkanes of at least 4 members (excludes halogenated alkanes) is 2. The highest BCUT2D eigenvalue weighted by atomic mass is 31.2. The van der Waals surface area contributed by atoms with Gasteiger partial charge in [0.2, 0.25) is 0 Å². The van der Waals surface area contributed by atoms with Crippen LogP contribution in [0.1, 0.15) is 39.5 Å². The van der Waals surface area contributed by atoms with Crippen molar-refractivity contribution in [2.45, 2.75) is 39.5 Å². The summed E-state index contributed by atoms with van der Waals surface area (Å²) in [6, 6.07) is 0. The molecule has 8 nitrogen and oxygen atoms in total. The molecule has 0 bridgehead atoms. The highest BCUT2D eigenvalue weighted by Crippen LogP contribution is 2.43. The van der Waals surface area contributed by atoms with Gasteiger partial charge in [-0.3, -0.25) is 13.9 Å². The van der Waals surface area contributed by atoms with Crippen molar-refractivity contribution in [3.8, 4) is 0 Å². The molecule has 0 fully saturated rings. The maximum Gasteiger partial charge on any atom is 0.472 e. The quantitative estimate of drug-likeness (QED) is 0.268. The number of phosphoric acid groups is 1. The smallest absolute Gasteiger partial charge is 0.395 e. The van der Waals surface area contributed by atoms with Gasteiger partial charge in [-0.25, -0.2) is 4.57 Å². The average Bonchev–Trinajstić information content (AvgIpc) is 2.49. The van der Waals surface area contributed by atoms with E-state index in [0.29, 0.717) is 19.6 Å². The minimum absolute atomic E-state index is 0.0694. The number of aliphatic hydroxyl groups excluding tert-OH is 3. The van der Waals surface area contributed by atoms with Crippen molar-refractivity contribution in [1.82, 2.24) is 4.90 Å². The fourth-order valence-electron chi connectivity index (χ4n) is 1.45. The van der Waals surface area contributed by atoms with Crippen LogP contribution in [0.3, 0.4) is 0 Å². The third-order valence-corrected chi connectivity index (χ3v) is 3.77. The number of hydrogen-bond donors (Lipinski definition) is 4. The zero-order chi connectivity index (χ0) is 18.0. The number of phosphoric ester groups is 1. The predicted molar refractivity (Wildman–Crippen MR) is 89.2 cm³/mol. The molecule has 0 aliphatic heterocycles. The zero-order valence-corrected chi connectivity index (χ0v) is 15.3. The molecule has 0 amide bonds. The SMILES string of the molecule is CCCCOP(=O)(O)OCCCC.OCCN(CCO)CCO. The number of hydrogen-bond acceptors (Lipinski definition) is 7. The Hall–Kier alpha value is -0.0500. The number of nitrogens with zero attached hydrogens (tertiary/aromatic N) is 1. The number of aliphatic hydroxyl groups is 3. The second-order valence-electron chi connectivity index (χ2n) is 4.85. The summed E-state index contributed by atoms with van der Waals surface area (Å²) in [6.07, 6.45) is 3.44. The van der Waals surface area contributed by atoms with E-state index in [0.717, 1.165) is 25.7 Å². The van der Waals surface area contributed by atoms with Gasteiger partial charge in [0, 0.05) is 19.6 Å². The summed E-state index contributed by atoms with van der Waals surface area (Å²) in [5, 5.41) is 25.5. The standard InChI is InChI=1S/C8H19O4P.C6H15NO3/c1-3-5-7-11-13(9,10)12-8-6-4-2;8-4-1-7(2-5-9)3-6-10/h3-8H2,1-2H3,(H,9,10);8-10H,1-6H2. The molecular formula is C14H34NO7P. The van der Waals surface area contributed by atoms with Gasteiger partial charge in [0.1, 0.15) is 0 Å². The fourth-order valence-corrected chi connectivity index (χ4v) is 2.24. The van der Waals surface area contributed by atoms with E-state index in [2.05, 4.69) is 0 Å². The van der Waals surface area contributed by atoms with E-state index in [4.69, 9.17) is 29.3 Å². The Bertz CT molecular complexity index is 254. The number of rotatable bonds is 14. The van der Waals surface area contributed by atoms with Crippen LogP contribution in [0.25, 0.3) is 0 Å². The molecule has 0 heterocycles. The zero-order valence-electron chi connectivity index (χ0n) is 14.4. The van der Waals surface area contributed by atoms with Crippen molar-refractivity contribution in [2.24, 2.45) is 0 Å². The van der Waals surface area contributed by atoms with Crippen LogP contribution < -0.4 is 0 Å². The van der Waals surface area contributed by atoms with Crippen molar-refractivity contribution in [3.63, 3.8) is 0 Å². The van der Waals surface area contributed by atoms with Crippen LogP contribution >= 0.6 is 7.82 Å². The highest BCUT2D eigenvalue weighted by molar-refractivity contribution is 7.47. The van der Waals surface area contributed by atoms with Crippen molar-refractivity contribution in [1.29, 1.82) is 0 Å². The van der Waals surface area contributed by atoms with E-state index in [1.165, 1.54) is 0 Å². The summed E-state index contributed by atoms with van der Waals surface area (Å²) < 4.78 is 20.5. The third kappa shape index (κ3) is 19.9. The van der Waals surface area contributed by atoms with Gasteiger partial charge in [-0.15, -0.1) is 0 Å². The Kier molecular flexibility index (Phi) is 20.0. The molecule has 0 spiro atoms. The highest BCUT2D eigenvalue weighted by Gasteiger charge is 2.19. The van der Waals surface area contributed by atoms with Crippen LogP contribution in [0.15, 0.2) is 0 Å². The van der Waals surface area contributed by atoms with Gasteiger partial charge in [0.25, 0.3) is 0 Å². The van der Waals surface area contributed by atoms with Gasteiger partial charge in [-0.2, -0.15) is 0 Å². The van der Waals surface area contributed by atoms with Crippen molar-refractivity contribution in [3.05, 3.63) is 0 Å². The molecule has 0 aliphatic rings. The van der Waals surface area contributed by atoms with E-state index >= 15 is 0 Å². The molecule has 9 heteroatoms. The Morgan fingerprint density at radius 2 is 1.17 bits per heavy atom. The van der Waals surface area contributed by atoms with Gasteiger partial charge in [-0.05, 0) is 12.8 Å². The van der Waals surface area contributed by atoms with Crippen LogP contribution in [-0.2, 0) is 13.6 Å². The molecule has 0 aliphatic carbocycles. The lowest BCUT2D eigenvalue weighted by molar-refractivity contribution is 0.136. The molecule has 0 atom stereocenters. The topological polar surface area (TPSA) is 120 Å². The minimum atomic E-state index is -3.75. The third-order valence-electron chi connectivity index (χ3n) is 2.75. The van der Waals surface area contributed by atoms with Gasteiger partial charge < -0.3 is 20.2 Å². The first kappa shape index (κ1) is 25.2. The van der Waals surface area contributed by atoms with E-state index in [9.17, 15) is 4.57 Å². The van der Waals surface area contributed by atoms with Crippen molar-refractivity contribution in [2.75, 3.05) is 52.7 Å². The molecule has 0 aromatic rings. The Morgan fingerprint density at radius 3 is 1.43 bits per heavy atom. The maximum atomic E-state index is 11.1. The summed E-state index contributed by atoms with van der Waals surface area (Å²) in [7, 11) is -3.75. The molecule has 0 unspecified atom stereocenters. The van der Waals surface area contributed by atoms with Crippen LogP contribution in [0.2, 0.25) is 0 Å². The van der Waals surface area contributed by atoms with Crippen LogP contribution in [0, 0.1) is 0 Å². The normalized spacial score (nSPS) is 11.4. The van der Waals surface area contributed by atoms with E-state index in [1.807, 2.05) is 13.8 Å². The molecule has 0 aromatic carbocycles. The van der Waals surface area contributed by atoms with Crippen LogP contribution in [0.5, 0.6) is 0 Å². The molecular weight excluding hydrogens is 325 g/mol. The van der Waals surface area contributed by atoms with Gasteiger partial charge in [0.05, 0.1) is 33.0 Å². The molecule has 0 saturated carbocycles. The summed E-state index contributed by atoms with van der Waals surface area (Å²) in [5.41, 5.74) is 0. The first-order valence-electron chi connectivity index (χ1n) is 8.14. The first-order valence-corrected chi connectivity index (χ1v) is 9.63. The lowest BCUT2D eigenvalue weighted by atomic mass is 10.4. The summed E-state index contributed by atoms with van der Waals surface area (Å²) in [5.74, 6) is 0. The lowest BCUT2D eigenvalue weighted by Gasteiger charge is -2.17. The maximum absolute atomic E-state index is 11.1. The Balaban J connectivity index is 0. The van der Waals surface area contributed by atoms with Crippen molar-refractivity contribution >= 4 is 7.82 Å².